The molecule has 4 heteroatoms. The highest BCUT2D eigenvalue weighted by atomic mass is 32.1. The van der Waals surface area contributed by atoms with Crippen molar-refractivity contribution in [2.75, 3.05) is 5.32 Å². The molecule has 2 N–H and O–H groups in total. The minimum atomic E-state index is -0.0920. The maximum atomic E-state index is 12.9. The van der Waals surface area contributed by atoms with Gasteiger partial charge < -0.3 is 10.6 Å². The summed E-state index contributed by atoms with van der Waals surface area (Å²) in [5, 5.41) is 6.30. The van der Waals surface area contributed by atoms with Crippen molar-refractivity contribution in [1.29, 1.82) is 0 Å². The highest BCUT2D eigenvalue weighted by Gasteiger charge is 2.15. The van der Waals surface area contributed by atoms with Crippen molar-refractivity contribution in [3.63, 3.8) is 0 Å². The van der Waals surface area contributed by atoms with Gasteiger partial charge in [0, 0.05) is 26.7 Å². The first-order valence-corrected chi connectivity index (χ1v) is 10.2. The van der Waals surface area contributed by atoms with Gasteiger partial charge in [0.15, 0.2) is 0 Å². The summed E-state index contributed by atoms with van der Waals surface area (Å²) in [7, 11) is 0. The monoisotopic (exact) mass is 390 g/mol. The molecule has 0 saturated heterocycles. The Labute approximate surface area is 171 Å². The maximum absolute atomic E-state index is 12.9. The molecule has 0 aliphatic rings. The summed E-state index contributed by atoms with van der Waals surface area (Å²) in [6.45, 7) is 11.8. The second-order valence-electron chi connectivity index (χ2n) is 7.17. The first-order valence-electron chi connectivity index (χ1n) is 9.34. The minimum Gasteiger partial charge on any atom is -0.360 e. The van der Waals surface area contributed by atoms with Crippen LogP contribution >= 0.6 is 11.3 Å². The van der Waals surface area contributed by atoms with Gasteiger partial charge in [0.25, 0.3) is 5.91 Å². The van der Waals surface area contributed by atoms with E-state index in [4.69, 9.17) is 0 Å². The van der Waals surface area contributed by atoms with Gasteiger partial charge in [0.2, 0.25) is 0 Å². The molecule has 0 fully saturated rings. The number of carbonyl (C=O) groups is 1. The first kappa shape index (κ1) is 19.9. The van der Waals surface area contributed by atoms with Crippen molar-refractivity contribution in [2.24, 2.45) is 0 Å². The summed E-state index contributed by atoms with van der Waals surface area (Å²) in [4.78, 5) is 15.4. The third-order valence-corrected chi connectivity index (χ3v) is 5.65. The Morgan fingerprint density at radius 1 is 1.07 bits per heavy atom. The van der Waals surface area contributed by atoms with Gasteiger partial charge in [0.1, 0.15) is 0 Å². The highest BCUT2D eigenvalue weighted by Crippen LogP contribution is 2.29. The number of carbonyl (C=O) groups excluding carboxylic acids is 1. The van der Waals surface area contributed by atoms with Crippen LogP contribution in [-0.2, 0) is 0 Å². The van der Waals surface area contributed by atoms with Gasteiger partial charge in [-0.2, -0.15) is 0 Å². The molecule has 144 valence electrons. The van der Waals surface area contributed by atoms with Gasteiger partial charge in [-0.1, -0.05) is 30.8 Å². The molecular weight excluding hydrogens is 364 g/mol. The lowest BCUT2D eigenvalue weighted by molar-refractivity contribution is 0.0939. The Morgan fingerprint density at radius 3 is 2.54 bits per heavy atom. The zero-order valence-corrected chi connectivity index (χ0v) is 17.6. The van der Waals surface area contributed by atoms with E-state index in [-0.39, 0.29) is 11.9 Å². The molecule has 0 bridgehead atoms. The van der Waals surface area contributed by atoms with Gasteiger partial charge in [-0.05, 0) is 74.7 Å². The number of amides is 1. The lowest BCUT2D eigenvalue weighted by Gasteiger charge is -2.17. The van der Waals surface area contributed by atoms with Crippen LogP contribution < -0.4 is 10.6 Å². The first-order chi connectivity index (χ1) is 13.3. The molecule has 1 heterocycles. The largest absolute Gasteiger partial charge is 0.360 e. The number of hydrogen-bond acceptors (Lipinski definition) is 3. The lowest BCUT2D eigenvalue weighted by atomic mass is 10.0. The van der Waals surface area contributed by atoms with E-state index >= 15 is 0 Å². The Kier molecular flexibility index (Phi) is 6.00. The Morgan fingerprint density at radius 2 is 1.86 bits per heavy atom. The number of aryl methyl sites for hydroxylation is 2. The second kappa shape index (κ2) is 8.44. The molecule has 0 aliphatic heterocycles. The second-order valence-corrected chi connectivity index (χ2v) is 8.45. The van der Waals surface area contributed by atoms with Gasteiger partial charge in [0.05, 0.1) is 6.04 Å². The number of benzene rings is 2. The smallest absolute Gasteiger partial charge is 0.252 e. The summed E-state index contributed by atoms with van der Waals surface area (Å²) in [5.41, 5.74) is 5.59. The fourth-order valence-corrected chi connectivity index (χ4v) is 3.96. The number of allylic oxidation sites excluding steroid dienone is 1. The number of nitrogens with one attached hydrogen (secondary N) is 2. The third kappa shape index (κ3) is 4.70. The predicted molar refractivity (Wildman–Crippen MR) is 120 cm³/mol. The Balaban J connectivity index is 1.78. The van der Waals surface area contributed by atoms with E-state index in [2.05, 4.69) is 54.5 Å². The van der Waals surface area contributed by atoms with Crippen molar-refractivity contribution in [2.45, 2.75) is 33.7 Å². The van der Waals surface area contributed by atoms with Crippen molar-refractivity contribution in [1.82, 2.24) is 5.32 Å². The predicted octanol–water partition coefficient (Wildman–Crippen LogP) is 6.47. The summed E-state index contributed by atoms with van der Waals surface area (Å²) >= 11 is 1.78. The molecule has 3 aromatic rings. The zero-order chi connectivity index (χ0) is 20.3. The molecule has 3 rings (SSSR count). The van der Waals surface area contributed by atoms with Gasteiger partial charge in [-0.15, -0.1) is 11.3 Å². The topological polar surface area (TPSA) is 41.1 Å². The van der Waals surface area contributed by atoms with Crippen LogP contribution in [0.1, 0.15) is 46.3 Å². The van der Waals surface area contributed by atoms with Gasteiger partial charge in [-0.25, -0.2) is 0 Å². The van der Waals surface area contributed by atoms with E-state index in [9.17, 15) is 4.79 Å². The molecule has 28 heavy (non-hydrogen) atoms. The molecule has 0 saturated carbocycles. The number of rotatable bonds is 6. The van der Waals surface area contributed by atoms with E-state index < -0.39 is 0 Å². The molecule has 0 aliphatic carbocycles. The van der Waals surface area contributed by atoms with Crippen LogP contribution in [0.25, 0.3) is 10.4 Å². The fraction of sp³-hybridized carbons (Fsp3) is 0.208. The standard InChI is InChI=1S/C24H26N2OS/c1-15(2)25-21-11-9-16(3)22(14-21)24(27)26-18(5)19-7-6-8-20(13-19)23-12-10-17(4)28-23/h6-14,18,25H,1H2,2-5H3,(H,26,27). The summed E-state index contributed by atoms with van der Waals surface area (Å²) in [6, 6.07) is 18.3. The highest BCUT2D eigenvalue weighted by molar-refractivity contribution is 7.15. The third-order valence-electron chi connectivity index (χ3n) is 4.60. The molecule has 0 radical (unpaired) electrons. The molecule has 0 spiro atoms. The maximum Gasteiger partial charge on any atom is 0.252 e. The van der Waals surface area contributed by atoms with E-state index in [1.807, 2.05) is 45.0 Å². The van der Waals surface area contributed by atoms with Crippen LogP contribution in [0.2, 0.25) is 0 Å². The minimum absolute atomic E-state index is 0.0762. The SMILES string of the molecule is C=C(C)Nc1ccc(C)c(C(=O)NC(C)c2cccc(-c3ccc(C)s3)c2)c1. The van der Waals surface area contributed by atoms with Crippen LogP contribution in [0.15, 0.2) is 66.9 Å². The number of hydrogen-bond donors (Lipinski definition) is 2. The van der Waals surface area contributed by atoms with Crippen molar-refractivity contribution in [3.8, 4) is 10.4 Å². The molecule has 3 nitrogen and oxygen atoms in total. The average molecular weight is 391 g/mol. The molecule has 1 aromatic heterocycles. The number of thiophene rings is 1. The molecule has 1 amide bonds. The van der Waals surface area contributed by atoms with Crippen LogP contribution in [0.3, 0.4) is 0 Å². The van der Waals surface area contributed by atoms with Crippen LogP contribution in [0.5, 0.6) is 0 Å². The fourth-order valence-electron chi connectivity index (χ4n) is 3.10. The van der Waals surface area contributed by atoms with Crippen molar-refractivity contribution in [3.05, 3.63) is 88.4 Å². The quantitative estimate of drug-likeness (QED) is 0.506. The molecule has 2 aromatic carbocycles. The summed E-state index contributed by atoms with van der Waals surface area (Å²) in [5.74, 6) is -0.0762. The van der Waals surface area contributed by atoms with E-state index in [1.165, 1.54) is 15.3 Å². The Bertz CT molecular complexity index is 1020. The van der Waals surface area contributed by atoms with Crippen molar-refractivity contribution < 1.29 is 4.79 Å². The van der Waals surface area contributed by atoms with Crippen molar-refractivity contribution >= 4 is 22.9 Å². The van der Waals surface area contributed by atoms with E-state index in [0.717, 1.165) is 22.5 Å². The molecule has 1 unspecified atom stereocenters. The van der Waals surface area contributed by atoms with Crippen LogP contribution in [0, 0.1) is 13.8 Å². The zero-order valence-electron chi connectivity index (χ0n) is 16.8. The van der Waals surface area contributed by atoms with Gasteiger partial charge in [-0.3, -0.25) is 4.79 Å². The summed E-state index contributed by atoms with van der Waals surface area (Å²) < 4.78 is 0. The average Bonchev–Trinajstić information content (AvgIpc) is 3.09. The number of anilines is 1. The summed E-state index contributed by atoms with van der Waals surface area (Å²) in [6.07, 6.45) is 0. The van der Waals surface area contributed by atoms with E-state index in [0.29, 0.717) is 5.56 Å². The molecule has 1 atom stereocenters. The molecular formula is C24H26N2OS. The van der Waals surface area contributed by atoms with Crippen LogP contribution in [-0.4, -0.2) is 5.91 Å². The lowest BCUT2D eigenvalue weighted by Crippen LogP contribution is -2.27. The van der Waals surface area contributed by atoms with Crippen LogP contribution in [0.4, 0.5) is 5.69 Å². The van der Waals surface area contributed by atoms with E-state index in [1.54, 1.807) is 11.3 Å². The van der Waals surface area contributed by atoms with Gasteiger partial charge >= 0.3 is 0 Å². The normalized spacial score (nSPS) is 11.7. The Hall–Kier alpha value is -2.85.